The Labute approximate surface area is 382 Å². The fourth-order valence-corrected chi connectivity index (χ4v) is 7.62. The van der Waals surface area contributed by atoms with Gasteiger partial charge in [-0.05, 0) is 136 Å². The lowest BCUT2D eigenvalue weighted by atomic mass is 10.1. The summed E-state index contributed by atoms with van der Waals surface area (Å²) in [5.74, 6) is 0. The molecule has 0 spiro atoms. The molecule has 0 saturated carbocycles. The lowest BCUT2D eigenvalue weighted by molar-refractivity contribution is 1.23. The minimum Gasteiger partial charge on any atom is -0.310 e. The number of benzene rings is 8. The Kier molecular flexibility index (Phi) is 15.2. The maximum Gasteiger partial charge on any atom is 0.0490 e. The van der Waals surface area contributed by atoms with E-state index in [4.69, 9.17) is 0 Å². The molecule has 0 radical (unpaired) electrons. The van der Waals surface area contributed by atoms with Crippen LogP contribution in [-0.2, 0) is 0 Å². The van der Waals surface area contributed by atoms with Crippen LogP contribution in [0.2, 0.25) is 0 Å². The van der Waals surface area contributed by atoms with E-state index in [0.29, 0.717) is 0 Å². The van der Waals surface area contributed by atoms with Crippen molar-refractivity contribution in [3.63, 3.8) is 0 Å². The van der Waals surface area contributed by atoms with Crippen LogP contribution >= 0.6 is 0 Å². The molecule has 0 atom stereocenters. The van der Waals surface area contributed by atoms with Crippen LogP contribution in [0, 0.1) is 41.5 Å². The Morgan fingerprint density at radius 2 is 0.531 bits per heavy atom. The molecule has 0 aromatic heterocycles. The van der Waals surface area contributed by atoms with Crippen LogP contribution in [0.25, 0.3) is 24.3 Å². The fourth-order valence-electron chi connectivity index (χ4n) is 7.62. The third-order valence-corrected chi connectivity index (χ3v) is 11.0. The summed E-state index contributed by atoms with van der Waals surface area (Å²) in [6.45, 7) is 12.9. The van der Waals surface area contributed by atoms with Crippen molar-refractivity contribution in [2.24, 2.45) is 0 Å². The summed E-state index contributed by atoms with van der Waals surface area (Å²) in [6.07, 6.45) is 16.8. The van der Waals surface area contributed by atoms with Crippen molar-refractivity contribution in [1.82, 2.24) is 0 Å². The van der Waals surface area contributed by atoms with Crippen LogP contribution in [0.5, 0.6) is 0 Å². The molecule has 0 aliphatic rings. The van der Waals surface area contributed by atoms with E-state index in [2.05, 4.69) is 282 Å². The van der Waals surface area contributed by atoms with Gasteiger partial charge in [-0.3, -0.25) is 0 Å². The summed E-state index contributed by atoms with van der Waals surface area (Å²) in [6, 6.07) is 68.9. The van der Waals surface area contributed by atoms with Gasteiger partial charge in [-0.25, -0.2) is 0 Å². The van der Waals surface area contributed by atoms with Gasteiger partial charge in [0.2, 0.25) is 0 Å². The number of nitrogens with zero attached hydrogens (tertiary/aromatic N) is 2. The first-order valence-corrected chi connectivity index (χ1v) is 22.1. The first-order valence-electron chi connectivity index (χ1n) is 22.1. The zero-order chi connectivity index (χ0) is 44.7. The van der Waals surface area contributed by atoms with E-state index in [1.165, 1.54) is 67.0 Å². The SMILES string of the molecule is Cc1ccc(N(c2ccc(/C=C/C=C/c3ccccc3)cc2)c2ccc(C)cc2C)cc1.Cc1ccc(N(c2ccc(/C=C/C=C/c3ccccc3)cc2)c2ccc(C)cc2C)cc1. The Balaban J connectivity index is 0.000000191. The van der Waals surface area contributed by atoms with Gasteiger partial charge in [-0.15, -0.1) is 0 Å². The summed E-state index contributed by atoms with van der Waals surface area (Å²) in [4.78, 5) is 4.66. The highest BCUT2D eigenvalue weighted by molar-refractivity contribution is 5.80. The smallest absolute Gasteiger partial charge is 0.0490 e. The van der Waals surface area contributed by atoms with Crippen LogP contribution in [-0.4, -0.2) is 0 Å². The molecule has 0 saturated heterocycles. The molecule has 64 heavy (non-hydrogen) atoms. The van der Waals surface area contributed by atoms with E-state index in [0.717, 1.165) is 22.7 Å². The molecule has 2 heteroatoms. The highest BCUT2D eigenvalue weighted by Crippen LogP contribution is 2.38. The maximum absolute atomic E-state index is 2.33. The monoisotopic (exact) mass is 830 g/mol. The Hall–Kier alpha value is -7.68. The largest absolute Gasteiger partial charge is 0.310 e. The molecule has 0 fully saturated rings. The second kappa shape index (κ2) is 21.9. The highest BCUT2D eigenvalue weighted by Gasteiger charge is 2.16. The third kappa shape index (κ3) is 12.2. The molecule has 0 unspecified atom stereocenters. The number of hydrogen-bond donors (Lipinski definition) is 0. The summed E-state index contributed by atoms with van der Waals surface area (Å²) >= 11 is 0. The van der Waals surface area contributed by atoms with Gasteiger partial charge in [0.15, 0.2) is 0 Å². The van der Waals surface area contributed by atoms with Crippen LogP contribution in [0.1, 0.15) is 55.6 Å². The van der Waals surface area contributed by atoms with Gasteiger partial charge in [-0.2, -0.15) is 0 Å². The molecule has 0 N–H and O–H groups in total. The predicted molar refractivity (Wildman–Crippen MR) is 280 cm³/mol. The second-order valence-electron chi connectivity index (χ2n) is 16.4. The minimum absolute atomic E-state index is 1.15. The van der Waals surface area contributed by atoms with Crippen molar-refractivity contribution in [1.29, 1.82) is 0 Å². The first-order chi connectivity index (χ1) is 31.2. The van der Waals surface area contributed by atoms with Gasteiger partial charge in [-0.1, -0.05) is 204 Å². The van der Waals surface area contributed by atoms with Gasteiger partial charge in [0, 0.05) is 34.1 Å². The summed E-state index contributed by atoms with van der Waals surface area (Å²) in [5.41, 5.74) is 19.4. The molecule has 0 bridgehead atoms. The molecular weight excluding hydrogens is 773 g/mol. The van der Waals surface area contributed by atoms with Crippen molar-refractivity contribution in [2.45, 2.75) is 41.5 Å². The summed E-state index contributed by atoms with van der Waals surface area (Å²) in [5, 5.41) is 0. The molecule has 0 heterocycles. The van der Waals surface area contributed by atoms with Gasteiger partial charge < -0.3 is 9.80 Å². The van der Waals surface area contributed by atoms with E-state index in [-0.39, 0.29) is 0 Å². The number of hydrogen-bond acceptors (Lipinski definition) is 2. The van der Waals surface area contributed by atoms with Crippen LogP contribution < -0.4 is 9.80 Å². The third-order valence-electron chi connectivity index (χ3n) is 11.0. The number of anilines is 6. The van der Waals surface area contributed by atoms with Gasteiger partial charge in [0.25, 0.3) is 0 Å². The van der Waals surface area contributed by atoms with Crippen LogP contribution in [0.4, 0.5) is 34.1 Å². The van der Waals surface area contributed by atoms with E-state index in [1.54, 1.807) is 0 Å². The zero-order valence-electron chi connectivity index (χ0n) is 38.0. The molecule has 2 nitrogen and oxygen atoms in total. The Morgan fingerprint density at radius 3 is 0.828 bits per heavy atom. The standard InChI is InChI=1S/2C31H29N/c2*1-24-13-18-29(19-14-24)32(31-22-15-25(2)23-26(31)3)30-20-16-28(17-21-30)12-8-7-11-27-9-5-4-6-10-27/h2*4-23H,1-3H3/b2*11-7+,12-8+. The first kappa shape index (κ1) is 44.4. The number of allylic oxidation sites excluding steroid dienone is 4. The highest BCUT2D eigenvalue weighted by atomic mass is 15.1. The van der Waals surface area contributed by atoms with Crippen LogP contribution in [0.3, 0.4) is 0 Å². The molecular formula is C62H58N2. The quantitative estimate of drug-likeness (QED) is 0.113. The van der Waals surface area contributed by atoms with Crippen LogP contribution in [0.15, 0.2) is 218 Å². The van der Waals surface area contributed by atoms with Crippen molar-refractivity contribution in [3.8, 4) is 0 Å². The average molecular weight is 831 g/mol. The number of aryl methyl sites for hydroxylation is 6. The lowest BCUT2D eigenvalue weighted by Gasteiger charge is -2.27. The molecule has 316 valence electrons. The fraction of sp³-hybridized carbons (Fsp3) is 0.0968. The molecule has 8 aromatic carbocycles. The Morgan fingerprint density at radius 1 is 0.266 bits per heavy atom. The minimum atomic E-state index is 1.15. The summed E-state index contributed by atoms with van der Waals surface area (Å²) < 4.78 is 0. The molecule has 0 amide bonds. The summed E-state index contributed by atoms with van der Waals surface area (Å²) in [7, 11) is 0. The van der Waals surface area contributed by atoms with Gasteiger partial charge in [0.05, 0.1) is 0 Å². The Bertz CT molecular complexity index is 2630. The second-order valence-corrected chi connectivity index (χ2v) is 16.4. The van der Waals surface area contributed by atoms with E-state index in [9.17, 15) is 0 Å². The van der Waals surface area contributed by atoms with Crippen molar-refractivity contribution >= 4 is 58.4 Å². The molecule has 0 aliphatic heterocycles. The van der Waals surface area contributed by atoms with Gasteiger partial charge in [0.1, 0.15) is 0 Å². The van der Waals surface area contributed by atoms with E-state index >= 15 is 0 Å². The predicted octanol–water partition coefficient (Wildman–Crippen LogP) is 17.6. The number of rotatable bonds is 12. The lowest BCUT2D eigenvalue weighted by Crippen LogP contribution is -2.11. The van der Waals surface area contributed by atoms with Crippen molar-refractivity contribution < 1.29 is 0 Å². The average Bonchev–Trinajstić information content (AvgIpc) is 3.31. The molecule has 8 rings (SSSR count). The molecule has 8 aromatic rings. The van der Waals surface area contributed by atoms with Gasteiger partial charge >= 0.3 is 0 Å². The molecule has 0 aliphatic carbocycles. The van der Waals surface area contributed by atoms with Crippen molar-refractivity contribution in [3.05, 3.63) is 274 Å². The normalized spacial score (nSPS) is 11.3. The maximum atomic E-state index is 2.33. The van der Waals surface area contributed by atoms with E-state index in [1.807, 2.05) is 12.1 Å². The van der Waals surface area contributed by atoms with E-state index < -0.39 is 0 Å². The zero-order valence-corrected chi connectivity index (χ0v) is 38.0. The van der Waals surface area contributed by atoms with Crippen molar-refractivity contribution in [2.75, 3.05) is 9.80 Å². The topological polar surface area (TPSA) is 6.48 Å².